The number of nitrogens with zero attached hydrogens (tertiary/aromatic N) is 3. The minimum Gasteiger partial charge on any atom is -0.296 e. The van der Waals surface area contributed by atoms with E-state index < -0.39 is 0 Å². The SMILES string of the molecule is CN(Cc1cccc(Cl)c1)Cc1cc(=O)n2c3c(sc2n1)CCCC3. The summed E-state index contributed by atoms with van der Waals surface area (Å²) in [6, 6.07) is 9.54. The summed E-state index contributed by atoms with van der Waals surface area (Å²) in [5, 5.41) is 0.743. The molecule has 2 aromatic heterocycles. The largest absolute Gasteiger partial charge is 0.296 e. The quantitative estimate of drug-likeness (QED) is 0.695. The van der Waals surface area contributed by atoms with Gasteiger partial charge < -0.3 is 0 Å². The monoisotopic (exact) mass is 373 g/mol. The van der Waals surface area contributed by atoms with Gasteiger partial charge in [-0.15, -0.1) is 11.3 Å². The molecule has 0 unspecified atom stereocenters. The summed E-state index contributed by atoms with van der Waals surface area (Å²) in [4.78, 5) is 21.7. The summed E-state index contributed by atoms with van der Waals surface area (Å²) in [6.45, 7) is 1.41. The Morgan fingerprint density at radius 1 is 1.24 bits per heavy atom. The van der Waals surface area contributed by atoms with E-state index in [1.165, 1.54) is 17.0 Å². The van der Waals surface area contributed by atoms with E-state index in [9.17, 15) is 4.79 Å². The van der Waals surface area contributed by atoms with Gasteiger partial charge in [0.2, 0.25) is 0 Å². The summed E-state index contributed by atoms with van der Waals surface area (Å²) in [7, 11) is 2.03. The minimum atomic E-state index is 0.0514. The number of aryl methyl sites for hydroxylation is 2. The van der Waals surface area contributed by atoms with Crippen LogP contribution < -0.4 is 5.56 Å². The summed E-state index contributed by atoms with van der Waals surface area (Å²) in [6.07, 6.45) is 4.44. The van der Waals surface area contributed by atoms with Crippen LogP contribution >= 0.6 is 22.9 Å². The molecule has 0 N–H and O–H groups in total. The molecule has 0 radical (unpaired) electrons. The summed E-state index contributed by atoms with van der Waals surface area (Å²) in [5.74, 6) is 0. The van der Waals surface area contributed by atoms with E-state index in [-0.39, 0.29) is 5.56 Å². The van der Waals surface area contributed by atoms with Crippen molar-refractivity contribution < 1.29 is 0 Å². The third-order valence-electron chi connectivity index (χ3n) is 4.59. The third-order valence-corrected chi connectivity index (χ3v) is 5.97. The molecule has 1 aromatic carbocycles. The Labute approximate surface area is 155 Å². The Balaban J connectivity index is 1.58. The first-order valence-electron chi connectivity index (χ1n) is 8.56. The molecular weight excluding hydrogens is 354 g/mol. The van der Waals surface area contributed by atoms with Crippen molar-refractivity contribution in [2.24, 2.45) is 0 Å². The molecule has 0 aliphatic heterocycles. The predicted octanol–water partition coefficient (Wildman–Crippen LogP) is 3.92. The van der Waals surface area contributed by atoms with Gasteiger partial charge in [-0.05, 0) is 50.4 Å². The zero-order valence-electron chi connectivity index (χ0n) is 14.2. The summed E-state index contributed by atoms with van der Waals surface area (Å²) >= 11 is 7.73. The van der Waals surface area contributed by atoms with Crippen LogP contribution in [0.15, 0.2) is 35.1 Å². The van der Waals surface area contributed by atoms with Gasteiger partial charge in [-0.3, -0.25) is 14.1 Å². The molecule has 1 aliphatic rings. The highest BCUT2D eigenvalue weighted by atomic mass is 35.5. The van der Waals surface area contributed by atoms with Crippen molar-refractivity contribution in [2.75, 3.05) is 7.05 Å². The number of hydrogen-bond acceptors (Lipinski definition) is 4. The number of thiazole rings is 1. The topological polar surface area (TPSA) is 37.6 Å². The smallest absolute Gasteiger partial charge is 0.259 e. The van der Waals surface area contributed by atoms with E-state index in [4.69, 9.17) is 16.6 Å². The number of benzene rings is 1. The zero-order chi connectivity index (χ0) is 17.4. The molecule has 4 rings (SSSR count). The molecular formula is C19H20ClN3OS. The Hall–Kier alpha value is -1.69. The molecule has 0 saturated heterocycles. The maximum absolute atomic E-state index is 12.6. The van der Waals surface area contributed by atoms with Crippen LogP contribution in [0, 0.1) is 0 Å². The lowest BCUT2D eigenvalue weighted by atomic mass is 10.0. The Morgan fingerprint density at radius 2 is 2.08 bits per heavy atom. The molecule has 130 valence electrons. The first-order chi connectivity index (χ1) is 12.1. The van der Waals surface area contributed by atoms with Crippen LogP contribution in [-0.2, 0) is 25.9 Å². The highest BCUT2D eigenvalue weighted by Gasteiger charge is 2.18. The van der Waals surface area contributed by atoms with Gasteiger partial charge in [0.1, 0.15) is 0 Å². The van der Waals surface area contributed by atoms with Crippen LogP contribution in [0.2, 0.25) is 5.02 Å². The van der Waals surface area contributed by atoms with Crippen LogP contribution in [0.1, 0.15) is 34.7 Å². The van der Waals surface area contributed by atoms with Gasteiger partial charge in [0.05, 0.1) is 5.69 Å². The second-order valence-electron chi connectivity index (χ2n) is 6.68. The van der Waals surface area contributed by atoms with Gasteiger partial charge in [0.25, 0.3) is 5.56 Å². The van der Waals surface area contributed by atoms with E-state index in [2.05, 4.69) is 11.0 Å². The van der Waals surface area contributed by atoms with Crippen LogP contribution in [-0.4, -0.2) is 21.3 Å². The predicted molar refractivity (Wildman–Crippen MR) is 103 cm³/mol. The summed E-state index contributed by atoms with van der Waals surface area (Å²) in [5.41, 5.74) is 3.21. The molecule has 0 atom stereocenters. The van der Waals surface area contributed by atoms with Gasteiger partial charge in [-0.1, -0.05) is 23.7 Å². The third kappa shape index (κ3) is 3.50. The molecule has 0 spiro atoms. The molecule has 25 heavy (non-hydrogen) atoms. The average molecular weight is 374 g/mol. The maximum atomic E-state index is 12.6. The van der Waals surface area contributed by atoms with Gasteiger partial charge in [0.15, 0.2) is 4.96 Å². The van der Waals surface area contributed by atoms with Crippen molar-refractivity contribution in [3.63, 3.8) is 0 Å². The second-order valence-corrected chi connectivity index (χ2v) is 8.18. The van der Waals surface area contributed by atoms with Gasteiger partial charge in [0, 0.05) is 34.7 Å². The van der Waals surface area contributed by atoms with Gasteiger partial charge >= 0.3 is 0 Å². The van der Waals surface area contributed by atoms with E-state index in [1.54, 1.807) is 17.4 Å². The molecule has 2 heterocycles. The number of aromatic nitrogens is 2. The lowest BCUT2D eigenvalue weighted by Crippen LogP contribution is -2.22. The number of rotatable bonds is 4. The molecule has 0 bridgehead atoms. The molecule has 3 aromatic rings. The van der Waals surface area contributed by atoms with Crippen molar-refractivity contribution in [1.82, 2.24) is 14.3 Å². The molecule has 4 nitrogen and oxygen atoms in total. The lowest BCUT2D eigenvalue weighted by Gasteiger charge is -2.16. The normalized spacial score (nSPS) is 14.2. The van der Waals surface area contributed by atoms with Crippen molar-refractivity contribution in [3.8, 4) is 0 Å². The van der Waals surface area contributed by atoms with Crippen LogP contribution in [0.5, 0.6) is 0 Å². The van der Waals surface area contributed by atoms with Crippen LogP contribution in [0.3, 0.4) is 0 Å². The average Bonchev–Trinajstić information content (AvgIpc) is 2.93. The summed E-state index contributed by atoms with van der Waals surface area (Å²) < 4.78 is 1.82. The highest BCUT2D eigenvalue weighted by Crippen LogP contribution is 2.28. The number of fused-ring (bicyclic) bond motifs is 3. The lowest BCUT2D eigenvalue weighted by molar-refractivity contribution is 0.315. The minimum absolute atomic E-state index is 0.0514. The van der Waals surface area contributed by atoms with Crippen LogP contribution in [0.25, 0.3) is 4.96 Å². The molecule has 0 saturated carbocycles. The number of hydrogen-bond donors (Lipinski definition) is 0. The fourth-order valence-corrected chi connectivity index (χ4v) is 4.95. The van der Waals surface area contributed by atoms with E-state index >= 15 is 0 Å². The molecule has 0 fully saturated rings. The molecule has 0 amide bonds. The molecule has 1 aliphatic carbocycles. The Kier molecular flexibility index (Phi) is 4.63. The Bertz CT molecular complexity index is 978. The first-order valence-corrected chi connectivity index (χ1v) is 9.76. The number of halogens is 1. The fraction of sp³-hybridized carbons (Fsp3) is 0.368. The van der Waals surface area contributed by atoms with Crippen molar-refractivity contribution >= 4 is 27.9 Å². The van der Waals surface area contributed by atoms with E-state index in [0.717, 1.165) is 47.0 Å². The molecule has 6 heteroatoms. The Morgan fingerprint density at radius 3 is 2.92 bits per heavy atom. The maximum Gasteiger partial charge on any atom is 0.259 e. The van der Waals surface area contributed by atoms with Crippen molar-refractivity contribution in [2.45, 2.75) is 38.8 Å². The second kappa shape index (κ2) is 6.90. The van der Waals surface area contributed by atoms with Gasteiger partial charge in [-0.25, -0.2) is 4.98 Å². The highest BCUT2D eigenvalue weighted by molar-refractivity contribution is 7.17. The standard InChI is InChI=1S/C19H20ClN3OS/c1-22(11-13-5-4-6-14(20)9-13)12-15-10-18(24)23-16-7-2-3-8-17(16)25-19(23)21-15/h4-6,9-10H,2-3,7-8,11-12H2,1H3. The van der Waals surface area contributed by atoms with E-state index in [1.807, 2.05) is 29.6 Å². The fourth-order valence-electron chi connectivity index (χ4n) is 3.50. The van der Waals surface area contributed by atoms with Gasteiger partial charge in [-0.2, -0.15) is 0 Å². The zero-order valence-corrected chi connectivity index (χ0v) is 15.7. The van der Waals surface area contributed by atoms with E-state index in [0.29, 0.717) is 6.54 Å². The first kappa shape index (κ1) is 16.8. The van der Waals surface area contributed by atoms with Crippen molar-refractivity contribution in [1.29, 1.82) is 0 Å². The van der Waals surface area contributed by atoms with Crippen LogP contribution in [0.4, 0.5) is 0 Å². The van der Waals surface area contributed by atoms with Crippen molar-refractivity contribution in [3.05, 3.63) is 67.5 Å².